The van der Waals surface area contributed by atoms with Gasteiger partial charge in [0.05, 0.1) is 12.6 Å². The molecule has 0 spiro atoms. The third-order valence-electron chi connectivity index (χ3n) is 3.51. The number of carboxylic acids is 1. The predicted octanol–water partition coefficient (Wildman–Crippen LogP) is -0.459. The van der Waals surface area contributed by atoms with Crippen molar-refractivity contribution in [1.82, 2.24) is 10.8 Å². The Kier molecular flexibility index (Phi) is 8.53. The van der Waals surface area contributed by atoms with Gasteiger partial charge in [-0.05, 0) is 30.0 Å². The van der Waals surface area contributed by atoms with E-state index >= 15 is 0 Å². The number of benzene rings is 1. The van der Waals surface area contributed by atoms with Crippen LogP contribution < -0.4 is 27.1 Å². The quantitative estimate of drug-likeness (QED) is 0.351. The van der Waals surface area contributed by atoms with E-state index in [1.165, 1.54) is 0 Å². The summed E-state index contributed by atoms with van der Waals surface area (Å²) >= 11 is 0. The zero-order valence-corrected chi connectivity index (χ0v) is 14.9. The molecule has 0 aliphatic rings. The second-order valence-corrected chi connectivity index (χ2v) is 6.31. The van der Waals surface area contributed by atoms with Crippen LogP contribution in [0.1, 0.15) is 25.8 Å². The largest absolute Gasteiger partial charge is 0.480 e. The third kappa shape index (κ3) is 7.49. The highest BCUT2D eigenvalue weighted by atomic mass is 16.7. The van der Waals surface area contributed by atoms with Crippen LogP contribution >= 0.6 is 0 Å². The molecule has 0 heterocycles. The van der Waals surface area contributed by atoms with E-state index in [1.54, 1.807) is 24.3 Å². The molecule has 1 aromatic rings. The lowest BCUT2D eigenvalue weighted by Crippen LogP contribution is -2.44. The molecule has 0 saturated carbocycles. The molecule has 26 heavy (non-hydrogen) atoms. The Morgan fingerprint density at radius 2 is 1.81 bits per heavy atom. The average molecular weight is 366 g/mol. The van der Waals surface area contributed by atoms with Crippen LogP contribution in [-0.2, 0) is 20.8 Å². The summed E-state index contributed by atoms with van der Waals surface area (Å²) in [7, 11) is 0. The summed E-state index contributed by atoms with van der Waals surface area (Å²) < 4.78 is 0. The van der Waals surface area contributed by atoms with Gasteiger partial charge in [0.2, 0.25) is 5.91 Å². The molecular formula is C17H26N4O5. The summed E-state index contributed by atoms with van der Waals surface area (Å²) in [6.45, 7) is 3.65. The number of hydrogen-bond donors (Lipinski definition) is 5. The highest BCUT2D eigenvalue weighted by Crippen LogP contribution is 2.13. The first kappa shape index (κ1) is 21.4. The molecule has 1 rings (SSSR count). The molecule has 0 aliphatic carbocycles. The van der Waals surface area contributed by atoms with Crippen LogP contribution in [-0.4, -0.2) is 41.5 Å². The minimum absolute atomic E-state index is 0.0903. The van der Waals surface area contributed by atoms with Crippen LogP contribution in [0.4, 0.5) is 0 Å². The number of hydrogen-bond acceptors (Lipinski definition) is 6. The number of carbonyl (C=O) groups is 3. The number of carbonyl (C=O) groups excluding carboxylic acids is 2. The fourth-order valence-electron chi connectivity index (χ4n) is 2.18. The van der Waals surface area contributed by atoms with Gasteiger partial charge >= 0.3 is 5.97 Å². The molecule has 0 unspecified atom stereocenters. The maximum Gasteiger partial charge on any atom is 0.326 e. The van der Waals surface area contributed by atoms with Crippen molar-refractivity contribution in [3.8, 4) is 5.75 Å². The minimum Gasteiger partial charge on any atom is -0.480 e. The van der Waals surface area contributed by atoms with Crippen molar-refractivity contribution in [2.75, 3.05) is 6.54 Å². The number of rotatable bonds is 10. The van der Waals surface area contributed by atoms with E-state index in [2.05, 4.69) is 10.8 Å². The van der Waals surface area contributed by atoms with Crippen molar-refractivity contribution >= 4 is 17.8 Å². The first-order valence-electron chi connectivity index (χ1n) is 8.26. The summed E-state index contributed by atoms with van der Waals surface area (Å²) in [5.41, 5.74) is 13.9. The topological polar surface area (TPSA) is 157 Å². The Bertz CT molecular complexity index is 618. The fraction of sp³-hybridized carbons (Fsp3) is 0.471. The Balaban J connectivity index is 2.58. The molecule has 144 valence electrons. The third-order valence-corrected chi connectivity index (χ3v) is 3.51. The number of nitrogens with two attached hydrogens (primary N) is 2. The van der Waals surface area contributed by atoms with Crippen molar-refractivity contribution in [3.05, 3.63) is 29.8 Å². The van der Waals surface area contributed by atoms with E-state index in [0.717, 1.165) is 0 Å². The first-order valence-corrected chi connectivity index (χ1v) is 8.26. The normalized spacial score (nSPS) is 13.0. The van der Waals surface area contributed by atoms with Crippen LogP contribution in [0, 0.1) is 5.92 Å². The first-order chi connectivity index (χ1) is 12.2. The lowest BCUT2D eigenvalue weighted by atomic mass is 10.0. The van der Waals surface area contributed by atoms with Crippen molar-refractivity contribution < 1.29 is 24.3 Å². The molecule has 2 atom stereocenters. The molecule has 0 aromatic heterocycles. The molecule has 1 aromatic carbocycles. The van der Waals surface area contributed by atoms with E-state index in [4.69, 9.17) is 21.4 Å². The van der Waals surface area contributed by atoms with Crippen LogP contribution in [0.5, 0.6) is 5.75 Å². The Morgan fingerprint density at radius 1 is 1.19 bits per heavy atom. The van der Waals surface area contributed by atoms with Crippen LogP contribution in [0.2, 0.25) is 0 Å². The highest BCUT2D eigenvalue weighted by molar-refractivity contribution is 5.84. The summed E-state index contributed by atoms with van der Waals surface area (Å²) in [5.74, 6) is -1.46. The molecular weight excluding hydrogens is 340 g/mol. The Morgan fingerprint density at radius 3 is 2.31 bits per heavy atom. The zero-order valence-electron chi connectivity index (χ0n) is 14.9. The van der Waals surface area contributed by atoms with E-state index < -0.39 is 29.9 Å². The van der Waals surface area contributed by atoms with Crippen LogP contribution in [0.15, 0.2) is 24.3 Å². The van der Waals surface area contributed by atoms with E-state index in [1.807, 2.05) is 13.8 Å². The maximum atomic E-state index is 11.8. The van der Waals surface area contributed by atoms with Gasteiger partial charge in [-0.1, -0.05) is 26.0 Å². The summed E-state index contributed by atoms with van der Waals surface area (Å²) in [4.78, 5) is 39.4. The van der Waals surface area contributed by atoms with Crippen LogP contribution in [0.3, 0.4) is 0 Å². The van der Waals surface area contributed by atoms with E-state index in [-0.39, 0.29) is 18.9 Å². The van der Waals surface area contributed by atoms with E-state index in [0.29, 0.717) is 17.7 Å². The van der Waals surface area contributed by atoms with Crippen LogP contribution in [0.25, 0.3) is 0 Å². The monoisotopic (exact) mass is 366 g/mol. The highest BCUT2D eigenvalue weighted by Gasteiger charge is 2.20. The smallest absolute Gasteiger partial charge is 0.326 e. The van der Waals surface area contributed by atoms with E-state index in [9.17, 15) is 14.4 Å². The lowest BCUT2D eigenvalue weighted by molar-refractivity contribution is -0.141. The predicted molar refractivity (Wildman–Crippen MR) is 95.0 cm³/mol. The maximum absolute atomic E-state index is 11.8. The standard InChI is InChI=1S/C17H26N4O5/c1-10(2)7-13(19)16(23)21-26-12-5-3-11(4-6-12)8-14(17(24)25)20-15(22)9-18/h3-6,10,13-14H,7-9,18-19H2,1-2H3,(H,20,22)(H,21,23)(H,24,25)/t13-,14-/m0/s1. The van der Waals surface area contributed by atoms with Crippen molar-refractivity contribution in [1.29, 1.82) is 0 Å². The zero-order chi connectivity index (χ0) is 19.7. The molecule has 9 nitrogen and oxygen atoms in total. The summed E-state index contributed by atoms with van der Waals surface area (Å²) in [6.07, 6.45) is 0.631. The number of carboxylic acid groups (broad SMARTS) is 1. The second-order valence-electron chi connectivity index (χ2n) is 6.31. The summed E-state index contributed by atoms with van der Waals surface area (Å²) in [6, 6.07) is 4.70. The number of aliphatic carboxylic acids is 1. The van der Waals surface area contributed by atoms with Crippen molar-refractivity contribution in [2.24, 2.45) is 17.4 Å². The minimum atomic E-state index is -1.15. The lowest BCUT2D eigenvalue weighted by Gasteiger charge is -2.15. The molecule has 7 N–H and O–H groups in total. The van der Waals surface area contributed by atoms with Gasteiger partial charge < -0.3 is 26.7 Å². The molecule has 9 heteroatoms. The summed E-state index contributed by atoms with van der Waals surface area (Å²) in [5, 5.41) is 11.5. The van der Waals surface area contributed by atoms with Crippen molar-refractivity contribution in [2.45, 2.75) is 38.8 Å². The second kappa shape index (κ2) is 10.4. The van der Waals surface area contributed by atoms with Gasteiger partial charge in [-0.25, -0.2) is 4.79 Å². The van der Waals surface area contributed by atoms with Gasteiger partial charge in [-0.15, -0.1) is 0 Å². The number of hydroxylamine groups is 1. The van der Waals surface area contributed by atoms with Gasteiger partial charge in [0, 0.05) is 6.42 Å². The van der Waals surface area contributed by atoms with Gasteiger partial charge in [-0.3, -0.25) is 9.59 Å². The van der Waals surface area contributed by atoms with Gasteiger partial charge in [0.25, 0.3) is 5.91 Å². The van der Waals surface area contributed by atoms with Gasteiger partial charge in [0.15, 0.2) is 5.75 Å². The number of amides is 2. The Hall–Kier alpha value is -2.65. The fourth-order valence-corrected chi connectivity index (χ4v) is 2.18. The molecule has 0 radical (unpaired) electrons. The molecule has 0 aliphatic heterocycles. The van der Waals surface area contributed by atoms with Gasteiger partial charge in [-0.2, -0.15) is 5.48 Å². The average Bonchev–Trinajstić information content (AvgIpc) is 2.59. The van der Waals surface area contributed by atoms with Crippen molar-refractivity contribution in [3.63, 3.8) is 0 Å². The number of nitrogens with one attached hydrogen (secondary N) is 2. The SMILES string of the molecule is CC(C)C[C@H](N)C(=O)NOc1ccc(C[C@H](NC(=O)CN)C(=O)O)cc1. The molecule has 0 bridgehead atoms. The van der Waals surface area contributed by atoms with Gasteiger partial charge in [0.1, 0.15) is 6.04 Å². The molecule has 0 saturated heterocycles. The molecule has 2 amide bonds. The molecule has 0 fully saturated rings. The Labute approximate surface area is 152 Å².